The van der Waals surface area contributed by atoms with Crippen LogP contribution in [-0.2, 0) is 0 Å². The number of rotatable bonds is 4. The lowest BCUT2D eigenvalue weighted by atomic mass is 10.2. The van der Waals surface area contributed by atoms with Crippen molar-refractivity contribution in [2.24, 2.45) is 0 Å². The van der Waals surface area contributed by atoms with Crippen molar-refractivity contribution in [3.05, 3.63) is 22.4 Å². The lowest BCUT2D eigenvalue weighted by molar-refractivity contribution is 0.493. The standard InChI is InChI=1S/C11H18N2S/c1-9(11-5-3-7-14-11)13-8-10-4-2-6-12-10/h3,5,7,9-10,12-13H,2,4,6,8H2,1H3/t9-,10+/m0/s1. The molecule has 0 aliphatic carbocycles. The molecule has 1 aromatic heterocycles. The number of hydrogen-bond acceptors (Lipinski definition) is 3. The van der Waals surface area contributed by atoms with Crippen LogP contribution in [0.15, 0.2) is 17.5 Å². The first-order valence-electron chi connectivity index (χ1n) is 5.36. The van der Waals surface area contributed by atoms with E-state index in [-0.39, 0.29) is 0 Å². The molecule has 2 nitrogen and oxygen atoms in total. The van der Waals surface area contributed by atoms with E-state index in [9.17, 15) is 0 Å². The summed E-state index contributed by atoms with van der Waals surface area (Å²) in [7, 11) is 0. The van der Waals surface area contributed by atoms with E-state index in [1.54, 1.807) is 0 Å². The molecule has 0 saturated carbocycles. The normalized spacial score (nSPS) is 23.9. The van der Waals surface area contributed by atoms with Crippen LogP contribution in [0.5, 0.6) is 0 Å². The highest BCUT2D eigenvalue weighted by molar-refractivity contribution is 7.10. The fraction of sp³-hybridized carbons (Fsp3) is 0.636. The van der Waals surface area contributed by atoms with Crippen molar-refractivity contribution in [3.8, 4) is 0 Å². The van der Waals surface area contributed by atoms with E-state index in [1.165, 1.54) is 24.3 Å². The molecule has 2 N–H and O–H groups in total. The van der Waals surface area contributed by atoms with Crippen molar-refractivity contribution in [2.75, 3.05) is 13.1 Å². The van der Waals surface area contributed by atoms with Crippen LogP contribution in [0.4, 0.5) is 0 Å². The Labute approximate surface area is 89.7 Å². The van der Waals surface area contributed by atoms with E-state index in [0.717, 1.165) is 6.54 Å². The second kappa shape index (κ2) is 4.91. The smallest absolute Gasteiger partial charge is 0.0386 e. The molecule has 78 valence electrons. The second-order valence-electron chi connectivity index (χ2n) is 3.94. The zero-order valence-corrected chi connectivity index (χ0v) is 9.44. The van der Waals surface area contributed by atoms with Crippen LogP contribution in [0.2, 0.25) is 0 Å². The molecule has 1 saturated heterocycles. The number of hydrogen-bond donors (Lipinski definition) is 2. The van der Waals surface area contributed by atoms with Gasteiger partial charge in [0.05, 0.1) is 0 Å². The van der Waals surface area contributed by atoms with Gasteiger partial charge in [0.25, 0.3) is 0 Å². The molecule has 0 unspecified atom stereocenters. The minimum Gasteiger partial charge on any atom is -0.313 e. The average molecular weight is 210 g/mol. The predicted molar refractivity (Wildman–Crippen MR) is 61.8 cm³/mol. The fourth-order valence-corrected chi connectivity index (χ4v) is 2.65. The summed E-state index contributed by atoms with van der Waals surface area (Å²) >= 11 is 1.83. The Balaban J connectivity index is 1.74. The molecule has 0 aromatic carbocycles. The largest absolute Gasteiger partial charge is 0.313 e. The van der Waals surface area contributed by atoms with Gasteiger partial charge in [0.1, 0.15) is 0 Å². The molecule has 1 aromatic rings. The molecule has 1 aliphatic rings. The Hall–Kier alpha value is -0.380. The Morgan fingerprint density at radius 2 is 2.64 bits per heavy atom. The van der Waals surface area contributed by atoms with Gasteiger partial charge in [-0.3, -0.25) is 0 Å². The molecule has 0 amide bonds. The van der Waals surface area contributed by atoms with Crippen LogP contribution in [0.1, 0.15) is 30.7 Å². The SMILES string of the molecule is C[C@H](NC[C@H]1CCCN1)c1cccs1. The van der Waals surface area contributed by atoms with Gasteiger partial charge in [0.15, 0.2) is 0 Å². The van der Waals surface area contributed by atoms with Crippen LogP contribution in [0.25, 0.3) is 0 Å². The maximum atomic E-state index is 3.57. The number of thiophene rings is 1. The minimum atomic E-state index is 0.498. The van der Waals surface area contributed by atoms with Gasteiger partial charge in [-0.15, -0.1) is 11.3 Å². The van der Waals surface area contributed by atoms with Gasteiger partial charge in [0.2, 0.25) is 0 Å². The summed E-state index contributed by atoms with van der Waals surface area (Å²) in [4.78, 5) is 1.43. The summed E-state index contributed by atoms with van der Waals surface area (Å²) in [5.41, 5.74) is 0. The van der Waals surface area contributed by atoms with Crippen molar-refractivity contribution in [1.82, 2.24) is 10.6 Å². The topological polar surface area (TPSA) is 24.1 Å². The first-order chi connectivity index (χ1) is 6.86. The molecule has 1 fully saturated rings. The third-order valence-corrected chi connectivity index (χ3v) is 3.86. The summed E-state index contributed by atoms with van der Waals surface area (Å²) < 4.78 is 0. The minimum absolute atomic E-state index is 0.498. The Morgan fingerprint density at radius 3 is 3.29 bits per heavy atom. The molecule has 2 rings (SSSR count). The monoisotopic (exact) mass is 210 g/mol. The van der Waals surface area contributed by atoms with Crippen LogP contribution >= 0.6 is 11.3 Å². The summed E-state index contributed by atoms with van der Waals surface area (Å²) in [6.07, 6.45) is 2.66. The summed E-state index contributed by atoms with van der Waals surface area (Å²) in [6, 6.07) is 5.51. The molecular formula is C11H18N2S. The van der Waals surface area contributed by atoms with Gasteiger partial charge in [-0.2, -0.15) is 0 Å². The highest BCUT2D eigenvalue weighted by Gasteiger charge is 2.14. The summed E-state index contributed by atoms with van der Waals surface area (Å²) in [5.74, 6) is 0. The molecule has 14 heavy (non-hydrogen) atoms. The van der Waals surface area contributed by atoms with Crippen molar-refractivity contribution >= 4 is 11.3 Å². The molecule has 0 radical (unpaired) electrons. The first kappa shape index (κ1) is 10.1. The highest BCUT2D eigenvalue weighted by atomic mass is 32.1. The molecule has 2 atom stereocenters. The van der Waals surface area contributed by atoms with Crippen molar-refractivity contribution in [1.29, 1.82) is 0 Å². The van der Waals surface area contributed by atoms with E-state index >= 15 is 0 Å². The predicted octanol–water partition coefficient (Wildman–Crippen LogP) is 2.15. The zero-order chi connectivity index (χ0) is 9.80. The Kier molecular flexibility index (Phi) is 3.56. The third kappa shape index (κ3) is 2.56. The van der Waals surface area contributed by atoms with E-state index in [0.29, 0.717) is 12.1 Å². The zero-order valence-electron chi connectivity index (χ0n) is 8.62. The van der Waals surface area contributed by atoms with Gasteiger partial charge in [0, 0.05) is 23.5 Å². The number of nitrogens with one attached hydrogen (secondary N) is 2. The molecule has 0 bridgehead atoms. The molecule has 3 heteroatoms. The lowest BCUT2D eigenvalue weighted by Crippen LogP contribution is -2.34. The van der Waals surface area contributed by atoms with Crippen LogP contribution < -0.4 is 10.6 Å². The quantitative estimate of drug-likeness (QED) is 0.795. The van der Waals surface area contributed by atoms with E-state index < -0.39 is 0 Å². The van der Waals surface area contributed by atoms with E-state index in [2.05, 4.69) is 35.1 Å². The van der Waals surface area contributed by atoms with Crippen LogP contribution in [-0.4, -0.2) is 19.1 Å². The van der Waals surface area contributed by atoms with Gasteiger partial charge < -0.3 is 10.6 Å². The second-order valence-corrected chi connectivity index (χ2v) is 4.92. The first-order valence-corrected chi connectivity index (χ1v) is 6.24. The van der Waals surface area contributed by atoms with Crippen molar-refractivity contribution in [3.63, 3.8) is 0 Å². The van der Waals surface area contributed by atoms with Gasteiger partial charge in [-0.25, -0.2) is 0 Å². The molecule has 2 heterocycles. The van der Waals surface area contributed by atoms with Gasteiger partial charge in [-0.05, 0) is 37.8 Å². The average Bonchev–Trinajstić information content (AvgIpc) is 2.87. The van der Waals surface area contributed by atoms with Crippen LogP contribution in [0, 0.1) is 0 Å². The van der Waals surface area contributed by atoms with Crippen LogP contribution in [0.3, 0.4) is 0 Å². The molecule has 1 aliphatic heterocycles. The maximum absolute atomic E-state index is 3.57. The van der Waals surface area contributed by atoms with Crippen molar-refractivity contribution < 1.29 is 0 Å². The Bertz CT molecular complexity index is 252. The highest BCUT2D eigenvalue weighted by Crippen LogP contribution is 2.18. The summed E-state index contributed by atoms with van der Waals surface area (Å²) in [5, 5.41) is 9.21. The van der Waals surface area contributed by atoms with E-state index in [1.807, 2.05) is 11.3 Å². The van der Waals surface area contributed by atoms with E-state index in [4.69, 9.17) is 0 Å². The fourth-order valence-electron chi connectivity index (χ4n) is 1.89. The molecular weight excluding hydrogens is 192 g/mol. The lowest BCUT2D eigenvalue weighted by Gasteiger charge is -2.16. The van der Waals surface area contributed by atoms with Gasteiger partial charge in [-0.1, -0.05) is 6.07 Å². The maximum Gasteiger partial charge on any atom is 0.0386 e. The van der Waals surface area contributed by atoms with Crippen molar-refractivity contribution in [2.45, 2.75) is 31.8 Å². The summed E-state index contributed by atoms with van der Waals surface area (Å²) in [6.45, 7) is 4.53. The third-order valence-electron chi connectivity index (χ3n) is 2.80. The molecule has 0 spiro atoms. The van der Waals surface area contributed by atoms with Gasteiger partial charge >= 0.3 is 0 Å². The Morgan fingerprint density at radius 1 is 1.71 bits per heavy atom.